The number of hydrogen-bond acceptors (Lipinski definition) is 1. The minimum absolute atomic E-state index is 0.411. The molecule has 0 aliphatic heterocycles. The maximum Gasteiger partial charge on any atom is 0.139 e. The van der Waals surface area contributed by atoms with Gasteiger partial charge in [0.2, 0.25) is 0 Å². The summed E-state index contributed by atoms with van der Waals surface area (Å²) >= 11 is 10.8. The first-order valence-corrected chi connectivity index (χ1v) is 3.51. The molecule has 0 aromatic rings. The van der Waals surface area contributed by atoms with Crippen LogP contribution in [0.2, 0.25) is 0 Å². The number of hydrogen-bond donors (Lipinski definition) is 1. The van der Waals surface area contributed by atoms with Gasteiger partial charge >= 0.3 is 0 Å². The zero-order valence-corrected chi connectivity index (χ0v) is 6.34. The molecule has 0 amide bonds. The van der Waals surface area contributed by atoms with Gasteiger partial charge in [0.1, 0.15) is 5.06 Å². The van der Waals surface area contributed by atoms with Crippen molar-refractivity contribution < 1.29 is 5.11 Å². The number of rotatable bonds is 3. The molecule has 0 spiro atoms. The maximum atomic E-state index is 9.00. The molecule has 1 unspecified atom stereocenters. The van der Waals surface area contributed by atoms with Crippen LogP contribution in [0.5, 0.6) is 0 Å². The second-order valence-electron chi connectivity index (χ2n) is 1.71. The predicted octanol–water partition coefficient (Wildman–Crippen LogP) is 1.95. The van der Waals surface area contributed by atoms with Gasteiger partial charge in [0.05, 0.1) is 0 Å². The predicted molar refractivity (Wildman–Crippen MR) is 36.4 cm³/mol. The van der Waals surface area contributed by atoms with Gasteiger partial charge in [-0.3, -0.25) is 0 Å². The lowest BCUT2D eigenvalue weighted by Gasteiger charge is -2.15. The molecule has 0 aromatic heterocycles. The third-order valence-corrected chi connectivity index (χ3v) is 1.66. The Kier molecular flexibility index (Phi) is 3.78. The Morgan fingerprint density at radius 1 is 1.62 bits per heavy atom. The van der Waals surface area contributed by atoms with Crippen LogP contribution >= 0.6 is 23.2 Å². The molecular formula is C5H10Cl2O. The van der Waals surface area contributed by atoms with Crippen molar-refractivity contribution >= 4 is 23.2 Å². The Morgan fingerprint density at radius 2 is 2.12 bits per heavy atom. The molecule has 0 fully saturated rings. The normalized spacial score (nSPS) is 18.0. The quantitative estimate of drug-likeness (QED) is 0.620. The molecule has 0 rings (SSSR count). The minimum atomic E-state index is -1.07. The summed E-state index contributed by atoms with van der Waals surface area (Å²) in [7, 11) is 0. The molecule has 1 nitrogen and oxygen atoms in total. The van der Waals surface area contributed by atoms with E-state index < -0.39 is 5.06 Å². The van der Waals surface area contributed by atoms with Crippen molar-refractivity contribution in [2.75, 3.05) is 5.88 Å². The summed E-state index contributed by atoms with van der Waals surface area (Å²) in [6.07, 6.45) is 0.994. The summed E-state index contributed by atoms with van der Waals surface area (Å²) in [4.78, 5) is 0. The Hall–Kier alpha value is 0.540. The van der Waals surface area contributed by atoms with Gasteiger partial charge in [-0.25, -0.2) is 0 Å². The highest BCUT2D eigenvalue weighted by atomic mass is 35.5. The zero-order valence-electron chi connectivity index (χ0n) is 4.82. The lowest BCUT2D eigenvalue weighted by atomic mass is 10.2. The molecule has 3 heteroatoms. The van der Waals surface area contributed by atoms with Crippen LogP contribution in [0.3, 0.4) is 0 Å². The number of alkyl halides is 2. The number of aliphatic hydroxyl groups is 1. The Labute approximate surface area is 59.6 Å². The molecule has 0 saturated heterocycles. The molecule has 0 radical (unpaired) electrons. The summed E-state index contributed by atoms with van der Waals surface area (Å²) in [5.41, 5.74) is 0. The van der Waals surface area contributed by atoms with Gasteiger partial charge < -0.3 is 5.11 Å². The molecule has 50 valence electrons. The molecule has 1 atom stereocenters. The average molecular weight is 157 g/mol. The smallest absolute Gasteiger partial charge is 0.139 e. The molecule has 0 saturated carbocycles. The van der Waals surface area contributed by atoms with Gasteiger partial charge in [-0.2, -0.15) is 0 Å². The van der Waals surface area contributed by atoms with Crippen molar-refractivity contribution in [1.29, 1.82) is 0 Å². The van der Waals surface area contributed by atoms with E-state index in [4.69, 9.17) is 28.3 Å². The van der Waals surface area contributed by atoms with Crippen LogP contribution in [0.4, 0.5) is 0 Å². The van der Waals surface area contributed by atoms with Gasteiger partial charge in [0, 0.05) is 12.3 Å². The first-order valence-electron chi connectivity index (χ1n) is 2.59. The monoisotopic (exact) mass is 156 g/mol. The maximum absolute atomic E-state index is 9.00. The molecule has 8 heavy (non-hydrogen) atoms. The molecule has 0 aliphatic rings. The number of halogens is 2. The van der Waals surface area contributed by atoms with E-state index in [1.165, 1.54) is 0 Å². The summed E-state index contributed by atoms with van der Waals surface area (Å²) in [5, 5.41) is 7.94. The zero-order chi connectivity index (χ0) is 6.62. The van der Waals surface area contributed by atoms with E-state index in [9.17, 15) is 0 Å². The third kappa shape index (κ3) is 3.53. The molecule has 0 bridgehead atoms. The van der Waals surface area contributed by atoms with Gasteiger partial charge in [-0.1, -0.05) is 18.5 Å². The van der Waals surface area contributed by atoms with Gasteiger partial charge in [-0.05, 0) is 6.42 Å². The summed E-state index contributed by atoms with van der Waals surface area (Å²) in [6.45, 7) is 1.82. The fourth-order valence-corrected chi connectivity index (χ4v) is 0.825. The van der Waals surface area contributed by atoms with Crippen LogP contribution < -0.4 is 0 Å². The standard InChI is InChI=1S/C5H10Cl2O/c1-2-5(7,8)3-4-6/h8H,2-4H2,1H3. The Balaban J connectivity index is 3.37. The highest BCUT2D eigenvalue weighted by Crippen LogP contribution is 2.19. The second kappa shape index (κ2) is 3.54. The SMILES string of the molecule is CCC(O)(Cl)CCCl. The first kappa shape index (κ1) is 8.54. The Morgan fingerprint density at radius 3 is 2.25 bits per heavy atom. The summed E-state index contributed by atoms with van der Waals surface area (Å²) in [6, 6.07) is 0. The van der Waals surface area contributed by atoms with Crippen molar-refractivity contribution in [3.05, 3.63) is 0 Å². The minimum Gasteiger partial charge on any atom is -0.375 e. The van der Waals surface area contributed by atoms with E-state index in [2.05, 4.69) is 0 Å². The largest absolute Gasteiger partial charge is 0.375 e. The fraction of sp³-hybridized carbons (Fsp3) is 1.00. The van der Waals surface area contributed by atoms with Gasteiger partial charge in [0.15, 0.2) is 0 Å². The van der Waals surface area contributed by atoms with E-state index in [1.54, 1.807) is 0 Å². The second-order valence-corrected chi connectivity index (χ2v) is 2.79. The van der Waals surface area contributed by atoms with E-state index in [1.807, 2.05) is 6.92 Å². The topological polar surface area (TPSA) is 20.2 Å². The van der Waals surface area contributed by atoms with Crippen molar-refractivity contribution in [3.8, 4) is 0 Å². The summed E-state index contributed by atoms with van der Waals surface area (Å²) in [5.74, 6) is 0.411. The molecule has 0 aromatic carbocycles. The molecule has 0 aliphatic carbocycles. The van der Waals surface area contributed by atoms with E-state index in [0.29, 0.717) is 18.7 Å². The van der Waals surface area contributed by atoms with Crippen LogP contribution in [0.15, 0.2) is 0 Å². The van der Waals surface area contributed by atoms with E-state index in [-0.39, 0.29) is 0 Å². The van der Waals surface area contributed by atoms with Crippen molar-refractivity contribution in [2.24, 2.45) is 0 Å². The van der Waals surface area contributed by atoms with Crippen LogP contribution in [0.25, 0.3) is 0 Å². The van der Waals surface area contributed by atoms with Crippen LogP contribution in [0, 0.1) is 0 Å². The lowest BCUT2D eigenvalue weighted by molar-refractivity contribution is 0.121. The van der Waals surface area contributed by atoms with E-state index >= 15 is 0 Å². The fourth-order valence-electron chi connectivity index (χ4n) is 0.322. The first-order chi connectivity index (χ1) is 3.62. The summed E-state index contributed by atoms with van der Waals surface area (Å²) < 4.78 is 0. The average Bonchev–Trinajstić information content (AvgIpc) is 1.67. The van der Waals surface area contributed by atoms with Crippen molar-refractivity contribution in [2.45, 2.75) is 24.8 Å². The van der Waals surface area contributed by atoms with Crippen LogP contribution in [-0.4, -0.2) is 16.0 Å². The molecular weight excluding hydrogens is 147 g/mol. The molecule has 1 N–H and O–H groups in total. The van der Waals surface area contributed by atoms with Gasteiger partial charge in [0.25, 0.3) is 0 Å². The van der Waals surface area contributed by atoms with E-state index in [0.717, 1.165) is 0 Å². The van der Waals surface area contributed by atoms with Crippen molar-refractivity contribution in [1.82, 2.24) is 0 Å². The third-order valence-electron chi connectivity index (χ3n) is 1.02. The van der Waals surface area contributed by atoms with Crippen LogP contribution in [0.1, 0.15) is 19.8 Å². The Bertz CT molecular complexity index is 63.4. The highest BCUT2D eigenvalue weighted by molar-refractivity contribution is 6.23. The van der Waals surface area contributed by atoms with Crippen LogP contribution in [-0.2, 0) is 0 Å². The van der Waals surface area contributed by atoms with Gasteiger partial charge in [-0.15, -0.1) is 11.6 Å². The molecule has 0 heterocycles. The lowest BCUT2D eigenvalue weighted by Crippen LogP contribution is -2.19. The van der Waals surface area contributed by atoms with Crippen molar-refractivity contribution in [3.63, 3.8) is 0 Å². The highest BCUT2D eigenvalue weighted by Gasteiger charge is 2.18.